The minimum Gasteiger partial charge on any atom is -0.481 e. The molecule has 0 bridgehead atoms. The normalized spacial score (nSPS) is 29.6. The third kappa shape index (κ3) is 3.22. The Labute approximate surface area is 96.4 Å². The van der Waals surface area contributed by atoms with Crippen LogP contribution >= 0.6 is 0 Å². The molecule has 0 radical (unpaired) electrons. The van der Waals surface area contributed by atoms with Crippen molar-refractivity contribution in [1.29, 1.82) is 0 Å². The van der Waals surface area contributed by atoms with Crippen LogP contribution in [-0.2, 0) is 9.59 Å². The molecule has 0 aromatic heterocycles. The highest BCUT2D eigenvalue weighted by Crippen LogP contribution is 2.54. The number of carboxylic acids is 1. The highest BCUT2D eigenvalue weighted by atomic mass is 16.4. The minimum atomic E-state index is -0.813. The maximum Gasteiger partial charge on any atom is 0.303 e. The van der Waals surface area contributed by atoms with Crippen LogP contribution in [-0.4, -0.2) is 23.5 Å². The summed E-state index contributed by atoms with van der Waals surface area (Å²) < 4.78 is 0. The number of aliphatic carboxylic acids is 1. The van der Waals surface area contributed by atoms with E-state index in [1.807, 2.05) is 6.92 Å². The fourth-order valence-corrected chi connectivity index (χ4v) is 1.98. The van der Waals surface area contributed by atoms with E-state index in [0.717, 1.165) is 12.8 Å². The number of carbonyl (C=O) groups is 2. The standard InChI is InChI=1S/C12H21NO3/c1-4-12(3)6-9(12)11(16)13-7-8(2)5-10(14)15/h8-9H,4-7H2,1-3H3,(H,13,16)(H,14,15). The van der Waals surface area contributed by atoms with Crippen LogP contribution in [0.25, 0.3) is 0 Å². The van der Waals surface area contributed by atoms with Gasteiger partial charge in [-0.25, -0.2) is 0 Å². The lowest BCUT2D eigenvalue weighted by atomic mass is 10.0. The molecule has 1 rings (SSSR count). The Bertz CT molecular complexity index is 290. The molecule has 1 aliphatic rings. The molecule has 0 saturated heterocycles. The molecule has 1 fully saturated rings. The van der Waals surface area contributed by atoms with Crippen molar-refractivity contribution >= 4 is 11.9 Å². The predicted molar refractivity (Wildman–Crippen MR) is 60.9 cm³/mol. The van der Waals surface area contributed by atoms with Crippen LogP contribution in [0.2, 0.25) is 0 Å². The summed E-state index contributed by atoms with van der Waals surface area (Å²) in [7, 11) is 0. The first-order chi connectivity index (χ1) is 7.39. The molecule has 0 spiro atoms. The molecule has 16 heavy (non-hydrogen) atoms. The van der Waals surface area contributed by atoms with Crippen molar-refractivity contribution in [3.8, 4) is 0 Å². The summed E-state index contributed by atoms with van der Waals surface area (Å²) in [5.74, 6) is -0.601. The Morgan fingerprint density at radius 1 is 1.56 bits per heavy atom. The monoisotopic (exact) mass is 227 g/mol. The average molecular weight is 227 g/mol. The van der Waals surface area contributed by atoms with Gasteiger partial charge in [-0.1, -0.05) is 20.8 Å². The summed E-state index contributed by atoms with van der Waals surface area (Å²) in [6.45, 7) is 6.51. The Kier molecular flexibility index (Phi) is 3.94. The number of carboxylic acid groups (broad SMARTS) is 1. The smallest absolute Gasteiger partial charge is 0.303 e. The number of rotatable bonds is 6. The van der Waals surface area contributed by atoms with Gasteiger partial charge in [-0.2, -0.15) is 0 Å². The zero-order chi connectivity index (χ0) is 12.3. The van der Waals surface area contributed by atoms with E-state index in [2.05, 4.69) is 19.2 Å². The van der Waals surface area contributed by atoms with Gasteiger partial charge in [-0.15, -0.1) is 0 Å². The molecule has 92 valence electrons. The van der Waals surface area contributed by atoms with Crippen molar-refractivity contribution in [2.24, 2.45) is 17.3 Å². The topological polar surface area (TPSA) is 66.4 Å². The SMILES string of the molecule is CCC1(C)CC1C(=O)NCC(C)CC(=O)O. The summed E-state index contributed by atoms with van der Waals surface area (Å²) in [4.78, 5) is 22.1. The number of amides is 1. The molecule has 3 atom stereocenters. The summed E-state index contributed by atoms with van der Waals surface area (Å²) in [6, 6.07) is 0. The highest BCUT2D eigenvalue weighted by Gasteiger charge is 2.52. The van der Waals surface area contributed by atoms with Crippen LogP contribution in [0.1, 0.15) is 40.0 Å². The molecule has 4 nitrogen and oxygen atoms in total. The van der Waals surface area contributed by atoms with Gasteiger partial charge in [0.2, 0.25) is 5.91 Å². The number of hydrogen-bond acceptors (Lipinski definition) is 2. The third-order valence-corrected chi connectivity index (χ3v) is 3.62. The Hall–Kier alpha value is -1.06. The molecule has 3 unspecified atom stereocenters. The first kappa shape index (κ1) is 13.0. The fourth-order valence-electron chi connectivity index (χ4n) is 1.98. The summed E-state index contributed by atoms with van der Waals surface area (Å²) in [5.41, 5.74) is 0.181. The zero-order valence-electron chi connectivity index (χ0n) is 10.2. The van der Waals surface area contributed by atoms with E-state index in [9.17, 15) is 9.59 Å². The lowest BCUT2D eigenvalue weighted by Crippen LogP contribution is -2.31. The van der Waals surface area contributed by atoms with Crippen LogP contribution < -0.4 is 5.32 Å². The van der Waals surface area contributed by atoms with E-state index >= 15 is 0 Å². The summed E-state index contributed by atoms with van der Waals surface area (Å²) in [5, 5.41) is 11.4. The quantitative estimate of drug-likeness (QED) is 0.725. The van der Waals surface area contributed by atoms with Crippen LogP contribution in [0.15, 0.2) is 0 Å². The molecule has 0 aliphatic heterocycles. The molecule has 1 amide bonds. The maximum absolute atomic E-state index is 11.7. The van der Waals surface area contributed by atoms with Crippen LogP contribution in [0.3, 0.4) is 0 Å². The fraction of sp³-hybridized carbons (Fsp3) is 0.833. The van der Waals surface area contributed by atoms with Gasteiger partial charge in [0.25, 0.3) is 0 Å². The van der Waals surface area contributed by atoms with Gasteiger partial charge in [0.1, 0.15) is 0 Å². The lowest BCUT2D eigenvalue weighted by molar-refractivity contribution is -0.138. The Morgan fingerprint density at radius 2 is 2.19 bits per heavy atom. The molecular formula is C12H21NO3. The predicted octanol–water partition coefficient (Wildman–Crippen LogP) is 1.65. The van der Waals surface area contributed by atoms with Gasteiger partial charge in [0.15, 0.2) is 0 Å². The second-order valence-corrected chi connectivity index (χ2v) is 5.21. The van der Waals surface area contributed by atoms with Crippen molar-refractivity contribution in [2.45, 2.75) is 40.0 Å². The molecule has 1 aliphatic carbocycles. The van der Waals surface area contributed by atoms with Gasteiger partial charge in [0.05, 0.1) is 0 Å². The van der Waals surface area contributed by atoms with Crippen LogP contribution in [0.5, 0.6) is 0 Å². The van der Waals surface area contributed by atoms with E-state index in [1.54, 1.807) is 0 Å². The van der Waals surface area contributed by atoms with Gasteiger partial charge >= 0.3 is 5.97 Å². The van der Waals surface area contributed by atoms with Crippen LogP contribution in [0.4, 0.5) is 0 Å². The zero-order valence-corrected chi connectivity index (χ0v) is 10.2. The number of hydrogen-bond donors (Lipinski definition) is 2. The van der Waals surface area contributed by atoms with E-state index in [4.69, 9.17) is 5.11 Å². The molecule has 4 heteroatoms. The van der Waals surface area contributed by atoms with E-state index in [0.29, 0.717) is 6.54 Å². The first-order valence-corrected chi connectivity index (χ1v) is 5.88. The summed E-state index contributed by atoms with van der Waals surface area (Å²) in [6.07, 6.45) is 2.09. The van der Waals surface area contributed by atoms with Crippen molar-refractivity contribution in [1.82, 2.24) is 5.32 Å². The maximum atomic E-state index is 11.7. The lowest BCUT2D eigenvalue weighted by Gasteiger charge is -2.12. The average Bonchev–Trinajstić information content (AvgIpc) is 2.87. The molecule has 0 heterocycles. The van der Waals surface area contributed by atoms with Gasteiger partial charge < -0.3 is 10.4 Å². The van der Waals surface area contributed by atoms with Crippen molar-refractivity contribution < 1.29 is 14.7 Å². The molecule has 0 aromatic rings. The Morgan fingerprint density at radius 3 is 2.62 bits per heavy atom. The second-order valence-electron chi connectivity index (χ2n) is 5.21. The van der Waals surface area contributed by atoms with Crippen LogP contribution in [0, 0.1) is 17.3 Å². The highest BCUT2D eigenvalue weighted by molar-refractivity contribution is 5.82. The van der Waals surface area contributed by atoms with Gasteiger partial charge in [-0.05, 0) is 24.2 Å². The minimum absolute atomic E-state index is 0.00640. The molecule has 2 N–H and O–H groups in total. The number of nitrogens with one attached hydrogen (secondary N) is 1. The number of carbonyl (C=O) groups excluding carboxylic acids is 1. The van der Waals surface area contributed by atoms with E-state index in [-0.39, 0.29) is 29.6 Å². The Balaban J connectivity index is 2.24. The summed E-state index contributed by atoms with van der Waals surface area (Å²) >= 11 is 0. The van der Waals surface area contributed by atoms with Gasteiger partial charge in [-0.3, -0.25) is 9.59 Å². The largest absolute Gasteiger partial charge is 0.481 e. The first-order valence-electron chi connectivity index (χ1n) is 5.88. The third-order valence-electron chi connectivity index (χ3n) is 3.62. The molecule has 0 aromatic carbocycles. The van der Waals surface area contributed by atoms with E-state index < -0.39 is 5.97 Å². The molecular weight excluding hydrogens is 206 g/mol. The van der Waals surface area contributed by atoms with Gasteiger partial charge in [0, 0.05) is 18.9 Å². The van der Waals surface area contributed by atoms with E-state index in [1.165, 1.54) is 0 Å². The van der Waals surface area contributed by atoms with Crippen molar-refractivity contribution in [3.63, 3.8) is 0 Å². The van der Waals surface area contributed by atoms with Crippen molar-refractivity contribution in [2.75, 3.05) is 6.54 Å². The molecule has 1 saturated carbocycles. The second kappa shape index (κ2) is 4.85. The van der Waals surface area contributed by atoms with Crippen molar-refractivity contribution in [3.05, 3.63) is 0 Å².